The first kappa shape index (κ1) is 28.5. The molecule has 0 heterocycles. The minimum atomic E-state index is 0.763. The minimum Gasteiger partial charge on any atom is -0.398 e. The average molecular weight is 569 g/mol. The third-order valence-corrected chi connectivity index (χ3v) is 7.99. The van der Waals surface area contributed by atoms with Gasteiger partial charge in [0, 0.05) is 28.3 Å². The van der Waals surface area contributed by atoms with Gasteiger partial charge in [0.05, 0.1) is 0 Å². The van der Waals surface area contributed by atoms with Crippen LogP contribution in [0.1, 0.15) is 11.1 Å². The lowest BCUT2D eigenvalue weighted by molar-refractivity contribution is 1.16. The molecule has 0 fully saturated rings. The Hall–Kier alpha value is -5.60. The second-order valence-electron chi connectivity index (χ2n) is 10.8. The molecule has 0 saturated heterocycles. The van der Waals surface area contributed by atoms with Crippen LogP contribution >= 0.6 is 0 Å². The molecule has 0 bridgehead atoms. The minimum absolute atomic E-state index is 0.763. The Kier molecular flexibility index (Phi) is 8.52. The monoisotopic (exact) mass is 568 g/mol. The number of hydrogen-bond acceptors (Lipinski definition) is 2. The van der Waals surface area contributed by atoms with Gasteiger partial charge in [-0.05, 0) is 82.1 Å². The lowest BCUT2D eigenvalue weighted by Crippen LogP contribution is -2.14. The average Bonchev–Trinajstić information content (AvgIpc) is 3.08. The third-order valence-electron chi connectivity index (χ3n) is 7.99. The van der Waals surface area contributed by atoms with E-state index >= 15 is 0 Å². The van der Waals surface area contributed by atoms with Crippen molar-refractivity contribution in [2.75, 3.05) is 10.6 Å². The second-order valence-corrected chi connectivity index (χ2v) is 10.8. The Morgan fingerprint density at radius 1 is 0.477 bits per heavy atom. The van der Waals surface area contributed by atoms with Gasteiger partial charge in [0.1, 0.15) is 0 Å². The molecular formula is C42H36N2. The Labute approximate surface area is 261 Å². The van der Waals surface area contributed by atoms with Gasteiger partial charge in [-0.15, -0.1) is 13.2 Å². The van der Waals surface area contributed by atoms with Crippen molar-refractivity contribution in [3.05, 3.63) is 182 Å². The van der Waals surface area contributed by atoms with Crippen LogP contribution in [0.5, 0.6) is 0 Å². The summed E-state index contributed by atoms with van der Waals surface area (Å²) < 4.78 is 0. The van der Waals surface area contributed by atoms with Crippen LogP contribution in [0, 0.1) is 0 Å². The molecular weight excluding hydrogens is 532 g/mol. The molecule has 6 rings (SSSR count). The van der Waals surface area contributed by atoms with Crippen molar-refractivity contribution in [3.8, 4) is 33.4 Å². The third kappa shape index (κ3) is 5.71. The van der Waals surface area contributed by atoms with E-state index in [1.54, 1.807) is 0 Å². The zero-order valence-corrected chi connectivity index (χ0v) is 24.9. The van der Waals surface area contributed by atoms with E-state index in [1.165, 1.54) is 11.1 Å². The summed E-state index contributed by atoms with van der Waals surface area (Å²) in [6.07, 6.45) is 5.49. The normalized spacial score (nSPS) is 10.7. The Morgan fingerprint density at radius 3 is 1.48 bits per heavy atom. The zero-order chi connectivity index (χ0) is 30.3. The van der Waals surface area contributed by atoms with Crippen molar-refractivity contribution in [2.45, 2.75) is 12.8 Å². The lowest BCUT2D eigenvalue weighted by atomic mass is 9.86. The van der Waals surface area contributed by atoms with E-state index < -0.39 is 0 Å². The Bertz CT molecular complexity index is 1830. The number of para-hydroxylation sites is 2. The number of nitrogen functional groups attached to an aromatic ring is 1. The van der Waals surface area contributed by atoms with Gasteiger partial charge in [-0.3, -0.25) is 0 Å². The first-order valence-electron chi connectivity index (χ1n) is 15.0. The first-order valence-corrected chi connectivity index (χ1v) is 15.0. The van der Waals surface area contributed by atoms with Gasteiger partial charge in [-0.1, -0.05) is 127 Å². The molecule has 0 spiro atoms. The largest absolute Gasteiger partial charge is 0.398 e. The van der Waals surface area contributed by atoms with Gasteiger partial charge >= 0.3 is 0 Å². The number of nitrogens with two attached hydrogens (primary N) is 1. The number of allylic oxidation sites excluding steroid dienone is 2. The van der Waals surface area contributed by atoms with Gasteiger partial charge in [0.2, 0.25) is 0 Å². The van der Waals surface area contributed by atoms with E-state index in [0.717, 1.165) is 69.0 Å². The predicted octanol–water partition coefficient (Wildman–Crippen LogP) is 11.2. The quantitative estimate of drug-likeness (QED) is 0.132. The van der Waals surface area contributed by atoms with Gasteiger partial charge in [0.25, 0.3) is 0 Å². The molecule has 6 aromatic rings. The van der Waals surface area contributed by atoms with Crippen LogP contribution in [0.4, 0.5) is 22.7 Å². The molecule has 0 aliphatic rings. The van der Waals surface area contributed by atoms with Crippen LogP contribution in [0.15, 0.2) is 171 Å². The van der Waals surface area contributed by atoms with Crippen LogP contribution in [-0.4, -0.2) is 0 Å². The SMILES string of the molecule is C=CCc1ccccc1N(c1ccc(-c2ccc(N)c(-c3ccccc3)c2-c2ccccc2)cc1)c1ccccc1CC=C. The topological polar surface area (TPSA) is 29.3 Å². The van der Waals surface area contributed by atoms with E-state index in [4.69, 9.17) is 5.73 Å². The molecule has 44 heavy (non-hydrogen) atoms. The van der Waals surface area contributed by atoms with Crippen LogP contribution in [0.2, 0.25) is 0 Å². The molecule has 0 unspecified atom stereocenters. The van der Waals surface area contributed by atoms with E-state index in [1.807, 2.05) is 24.3 Å². The van der Waals surface area contributed by atoms with Gasteiger partial charge in [-0.2, -0.15) is 0 Å². The molecule has 0 aliphatic carbocycles. The van der Waals surface area contributed by atoms with Crippen LogP contribution in [-0.2, 0) is 12.8 Å². The summed E-state index contributed by atoms with van der Waals surface area (Å²) in [6.45, 7) is 8.04. The standard InChI is InChI=1S/C42H36N2/c1-3-15-32-17-11-13-23-39(32)44(40-24-14-12-18-33(40)16-4-2)36-27-25-31(26-28-36)37-29-30-38(43)42(35-21-9-6-10-22-35)41(37)34-19-7-5-8-20-34/h3-14,17-30H,1-2,15-16,43H2. The summed E-state index contributed by atoms with van der Waals surface area (Å²) in [5.74, 6) is 0. The fourth-order valence-corrected chi connectivity index (χ4v) is 5.99. The number of nitrogens with zero attached hydrogens (tertiary/aromatic N) is 1. The van der Waals surface area contributed by atoms with E-state index in [-0.39, 0.29) is 0 Å². The molecule has 0 saturated carbocycles. The Morgan fingerprint density at radius 2 is 0.955 bits per heavy atom. The fourth-order valence-electron chi connectivity index (χ4n) is 5.99. The molecule has 2 heteroatoms. The fraction of sp³-hybridized carbons (Fsp3) is 0.0476. The highest BCUT2D eigenvalue weighted by molar-refractivity contribution is 5.99. The van der Waals surface area contributed by atoms with E-state index in [2.05, 4.69) is 152 Å². The highest BCUT2D eigenvalue weighted by atomic mass is 15.1. The second kappa shape index (κ2) is 13.1. The molecule has 2 N–H and O–H groups in total. The molecule has 6 aromatic carbocycles. The van der Waals surface area contributed by atoms with Crippen molar-refractivity contribution in [2.24, 2.45) is 0 Å². The van der Waals surface area contributed by atoms with Crippen LogP contribution in [0.3, 0.4) is 0 Å². The number of anilines is 4. The van der Waals surface area contributed by atoms with Crippen molar-refractivity contribution < 1.29 is 0 Å². The molecule has 0 atom stereocenters. The molecule has 2 nitrogen and oxygen atoms in total. The summed E-state index contributed by atoms with van der Waals surface area (Å²) in [5, 5.41) is 0. The van der Waals surface area contributed by atoms with Crippen LogP contribution < -0.4 is 10.6 Å². The number of hydrogen-bond donors (Lipinski definition) is 1. The maximum absolute atomic E-state index is 6.69. The smallest absolute Gasteiger partial charge is 0.0496 e. The van der Waals surface area contributed by atoms with E-state index in [9.17, 15) is 0 Å². The van der Waals surface area contributed by atoms with E-state index in [0.29, 0.717) is 0 Å². The van der Waals surface area contributed by atoms with Gasteiger partial charge in [-0.25, -0.2) is 0 Å². The highest BCUT2D eigenvalue weighted by Gasteiger charge is 2.20. The predicted molar refractivity (Wildman–Crippen MR) is 190 cm³/mol. The lowest BCUT2D eigenvalue weighted by Gasteiger charge is -2.29. The molecule has 0 amide bonds. The highest BCUT2D eigenvalue weighted by Crippen LogP contribution is 2.45. The number of benzene rings is 6. The van der Waals surface area contributed by atoms with Gasteiger partial charge < -0.3 is 10.6 Å². The summed E-state index contributed by atoms with van der Waals surface area (Å²) in [6, 6.07) is 51.2. The number of rotatable bonds is 10. The van der Waals surface area contributed by atoms with Crippen molar-refractivity contribution in [1.82, 2.24) is 0 Å². The first-order chi connectivity index (χ1) is 21.7. The molecule has 0 aliphatic heterocycles. The summed E-state index contributed by atoms with van der Waals surface area (Å²) in [5.41, 5.74) is 19.9. The van der Waals surface area contributed by atoms with Crippen molar-refractivity contribution >= 4 is 22.7 Å². The Balaban J connectivity index is 1.53. The summed E-state index contributed by atoms with van der Waals surface area (Å²) in [4.78, 5) is 2.36. The maximum atomic E-state index is 6.69. The molecule has 0 radical (unpaired) electrons. The van der Waals surface area contributed by atoms with Crippen molar-refractivity contribution in [3.63, 3.8) is 0 Å². The maximum Gasteiger partial charge on any atom is 0.0496 e. The summed E-state index contributed by atoms with van der Waals surface area (Å²) in [7, 11) is 0. The van der Waals surface area contributed by atoms with Crippen LogP contribution in [0.25, 0.3) is 33.4 Å². The molecule has 214 valence electrons. The zero-order valence-electron chi connectivity index (χ0n) is 24.9. The molecule has 0 aromatic heterocycles. The van der Waals surface area contributed by atoms with Crippen molar-refractivity contribution in [1.29, 1.82) is 0 Å². The summed E-state index contributed by atoms with van der Waals surface area (Å²) >= 11 is 0. The van der Waals surface area contributed by atoms with Gasteiger partial charge in [0.15, 0.2) is 0 Å².